The largest absolute Gasteiger partial charge is 1.00 e. The van der Waals surface area contributed by atoms with E-state index < -0.39 is 0 Å². The van der Waals surface area contributed by atoms with Gasteiger partial charge in [-0.15, -0.1) is 0 Å². The van der Waals surface area contributed by atoms with E-state index >= 15 is 0 Å². The summed E-state index contributed by atoms with van der Waals surface area (Å²) in [5.74, 6) is 0. The van der Waals surface area contributed by atoms with Gasteiger partial charge in [-0.25, -0.2) is 0 Å². The Morgan fingerprint density at radius 1 is 0.500 bits per heavy atom. The second-order valence-electron chi connectivity index (χ2n) is 0. The van der Waals surface area contributed by atoms with Gasteiger partial charge >= 0.3 is 0 Å². The van der Waals surface area contributed by atoms with Gasteiger partial charge in [-0.3, -0.25) is 0 Å². The van der Waals surface area contributed by atoms with Crippen molar-refractivity contribution in [2.24, 2.45) is 0 Å². The van der Waals surface area contributed by atoms with Crippen molar-refractivity contribution in [3.05, 3.63) is 0 Å². The van der Waals surface area contributed by atoms with Gasteiger partial charge in [-0.05, 0) is 0 Å². The van der Waals surface area contributed by atoms with Crippen LogP contribution in [0, 0.1) is 0 Å². The molecule has 35 valence electrons. The Balaban J connectivity index is 0. The second-order valence-corrected chi connectivity index (χ2v) is 0. The molecule has 0 bridgehead atoms. The van der Waals surface area contributed by atoms with Crippen molar-refractivity contribution in [2.75, 3.05) is 0 Å². The number of halogens is 3. The standard InChI is InChI=1S/Ag.3FH/h;3*1H/p-3. The molecule has 4 heteroatoms. The molecular formula is AgF3-3. The molecule has 0 aromatic carbocycles. The minimum Gasteiger partial charge on any atom is -1.00 e. The molecule has 0 nitrogen and oxygen atoms in total. The molecule has 0 saturated carbocycles. The summed E-state index contributed by atoms with van der Waals surface area (Å²) < 4.78 is 0. The van der Waals surface area contributed by atoms with Crippen LogP contribution in [0.15, 0.2) is 0 Å². The Morgan fingerprint density at radius 3 is 0.500 bits per heavy atom. The third-order valence-electron chi connectivity index (χ3n) is 0. The number of hydrogen-bond acceptors (Lipinski definition) is 0. The smallest absolute Gasteiger partial charge is 0 e. The second kappa shape index (κ2) is 80.4. The molecule has 0 aliphatic carbocycles. The maximum atomic E-state index is 0. The Kier molecular flexibility index (Phi) is 4040. The average molecular weight is 165 g/mol. The normalized spacial score (nSPS) is 0. The van der Waals surface area contributed by atoms with Crippen LogP contribution in [-0.4, -0.2) is 0 Å². The van der Waals surface area contributed by atoms with Crippen molar-refractivity contribution in [1.82, 2.24) is 0 Å². The van der Waals surface area contributed by atoms with Crippen LogP contribution in [0.3, 0.4) is 0 Å². The summed E-state index contributed by atoms with van der Waals surface area (Å²) in [6, 6.07) is 0. The van der Waals surface area contributed by atoms with Crippen molar-refractivity contribution >= 4 is 0 Å². The summed E-state index contributed by atoms with van der Waals surface area (Å²) in [5.41, 5.74) is 0. The molecular weight excluding hydrogens is 165 g/mol. The van der Waals surface area contributed by atoms with Crippen LogP contribution in [0.5, 0.6) is 0 Å². The SMILES string of the molecule is [Ag].[F-].[F-].[F-]. The maximum absolute atomic E-state index is 0. The van der Waals surface area contributed by atoms with Gasteiger partial charge in [0.1, 0.15) is 0 Å². The maximum Gasteiger partial charge on any atom is 0 e. The van der Waals surface area contributed by atoms with Crippen LogP contribution < -0.4 is 14.1 Å². The minimum absolute atomic E-state index is 0. The molecule has 0 heterocycles. The molecule has 0 N–H and O–H groups in total. The van der Waals surface area contributed by atoms with Crippen LogP contribution in [-0.2, 0) is 22.4 Å². The fourth-order valence-electron chi connectivity index (χ4n) is 0. The van der Waals surface area contributed by atoms with Crippen LogP contribution in [0.25, 0.3) is 0 Å². The van der Waals surface area contributed by atoms with Crippen molar-refractivity contribution in [3.63, 3.8) is 0 Å². The molecule has 0 atom stereocenters. The molecule has 0 aliphatic heterocycles. The molecule has 0 spiro atoms. The van der Waals surface area contributed by atoms with Crippen molar-refractivity contribution in [3.8, 4) is 0 Å². The predicted molar refractivity (Wildman–Crippen MR) is 0 cm³/mol. The van der Waals surface area contributed by atoms with Gasteiger partial charge in [0.15, 0.2) is 0 Å². The summed E-state index contributed by atoms with van der Waals surface area (Å²) in [5, 5.41) is 0. The molecule has 4 heavy (non-hydrogen) atoms. The fraction of sp³-hybridized carbons (Fsp3) is 0. The van der Waals surface area contributed by atoms with Crippen LogP contribution in [0.4, 0.5) is 0 Å². The van der Waals surface area contributed by atoms with Gasteiger partial charge < -0.3 is 14.1 Å². The van der Waals surface area contributed by atoms with E-state index in [4.69, 9.17) is 0 Å². The minimum atomic E-state index is 0. The Morgan fingerprint density at radius 2 is 0.500 bits per heavy atom. The van der Waals surface area contributed by atoms with E-state index in [0.29, 0.717) is 0 Å². The summed E-state index contributed by atoms with van der Waals surface area (Å²) in [6.45, 7) is 0. The number of rotatable bonds is 0. The topological polar surface area (TPSA) is 0 Å². The summed E-state index contributed by atoms with van der Waals surface area (Å²) in [4.78, 5) is 0. The zero-order valence-corrected chi connectivity index (χ0v) is 2.92. The zero-order chi connectivity index (χ0) is 0. The van der Waals surface area contributed by atoms with E-state index in [1.54, 1.807) is 0 Å². The van der Waals surface area contributed by atoms with Gasteiger partial charge in [-0.2, -0.15) is 0 Å². The summed E-state index contributed by atoms with van der Waals surface area (Å²) >= 11 is 0. The van der Waals surface area contributed by atoms with Crippen LogP contribution in [0.1, 0.15) is 0 Å². The van der Waals surface area contributed by atoms with E-state index in [2.05, 4.69) is 0 Å². The first-order chi connectivity index (χ1) is 0. The van der Waals surface area contributed by atoms with E-state index in [-0.39, 0.29) is 36.5 Å². The molecule has 0 fully saturated rings. The van der Waals surface area contributed by atoms with Gasteiger partial charge in [0.05, 0.1) is 0 Å². The molecule has 0 saturated heterocycles. The zero-order valence-electron chi connectivity index (χ0n) is 1.44. The van der Waals surface area contributed by atoms with Crippen LogP contribution >= 0.6 is 0 Å². The van der Waals surface area contributed by atoms with E-state index in [1.807, 2.05) is 0 Å². The molecule has 0 aromatic rings. The molecule has 0 amide bonds. The van der Waals surface area contributed by atoms with Crippen molar-refractivity contribution < 1.29 is 36.5 Å². The van der Waals surface area contributed by atoms with Crippen molar-refractivity contribution in [2.45, 2.75) is 0 Å². The number of hydrogen-bond donors (Lipinski definition) is 0. The first-order valence-electron chi connectivity index (χ1n) is 0. The van der Waals surface area contributed by atoms with Gasteiger partial charge in [-0.1, -0.05) is 0 Å². The van der Waals surface area contributed by atoms with E-state index in [9.17, 15) is 0 Å². The van der Waals surface area contributed by atoms with E-state index in [1.165, 1.54) is 0 Å². The van der Waals surface area contributed by atoms with E-state index in [0.717, 1.165) is 0 Å². The first kappa shape index (κ1) is 201. The first-order valence-corrected chi connectivity index (χ1v) is 0. The Hall–Kier alpha value is 0.530. The van der Waals surface area contributed by atoms with Crippen LogP contribution in [0.2, 0.25) is 0 Å². The molecule has 0 unspecified atom stereocenters. The summed E-state index contributed by atoms with van der Waals surface area (Å²) in [7, 11) is 0. The summed E-state index contributed by atoms with van der Waals surface area (Å²) in [6.07, 6.45) is 0. The van der Waals surface area contributed by atoms with Gasteiger partial charge in [0.2, 0.25) is 0 Å². The average Bonchev–Trinajstić information content (AvgIpc) is 0. The van der Waals surface area contributed by atoms with Gasteiger partial charge in [0, 0.05) is 22.4 Å². The fourth-order valence-corrected chi connectivity index (χ4v) is 0. The predicted octanol–water partition coefficient (Wildman–Crippen LogP) is -8.99. The molecule has 0 aliphatic rings. The quantitative estimate of drug-likeness (QED) is 0.312. The molecule has 0 rings (SSSR count). The monoisotopic (exact) mass is 164 g/mol. The van der Waals surface area contributed by atoms with Gasteiger partial charge in [0.25, 0.3) is 0 Å². The third-order valence-corrected chi connectivity index (χ3v) is 0. The third kappa shape index (κ3) is 21.1. The Labute approximate surface area is 37.2 Å². The molecule has 0 aromatic heterocycles. The molecule has 1 radical (unpaired) electrons. The van der Waals surface area contributed by atoms with Crippen molar-refractivity contribution in [1.29, 1.82) is 0 Å². The Bertz CT molecular complexity index is 3.25.